The molecule has 0 bridgehead atoms. The van der Waals surface area contributed by atoms with E-state index in [0.29, 0.717) is 32.5 Å². The minimum atomic E-state index is -0.764. The van der Waals surface area contributed by atoms with Gasteiger partial charge in [-0.3, -0.25) is 4.90 Å². The molecule has 0 saturated carbocycles. The van der Waals surface area contributed by atoms with Crippen molar-refractivity contribution in [3.05, 3.63) is 101 Å². The summed E-state index contributed by atoms with van der Waals surface area (Å²) < 4.78 is 17.5. The lowest BCUT2D eigenvalue weighted by Crippen LogP contribution is -2.53. The number of amides is 1. The number of ether oxygens (including phenoxy) is 3. The second-order valence-electron chi connectivity index (χ2n) is 11.6. The lowest BCUT2D eigenvalue weighted by molar-refractivity contribution is -0.0879. The van der Waals surface area contributed by atoms with Crippen LogP contribution >= 0.6 is 0 Å². The highest BCUT2D eigenvalue weighted by atomic mass is 16.6. The molecule has 2 unspecified atom stereocenters. The van der Waals surface area contributed by atoms with Crippen LogP contribution < -0.4 is 4.74 Å². The molecule has 40 heavy (non-hydrogen) atoms. The Morgan fingerprint density at radius 3 is 2.27 bits per heavy atom. The maximum Gasteiger partial charge on any atom is 0.411 e. The van der Waals surface area contributed by atoms with Crippen molar-refractivity contribution in [3.63, 3.8) is 0 Å². The maximum atomic E-state index is 13.6. The van der Waals surface area contributed by atoms with E-state index >= 15 is 0 Å². The molecule has 3 aromatic rings. The highest BCUT2D eigenvalue weighted by Gasteiger charge is 2.46. The monoisotopic (exact) mass is 545 g/mol. The first-order valence-corrected chi connectivity index (χ1v) is 14.2. The summed E-state index contributed by atoms with van der Waals surface area (Å²) in [4.78, 5) is 15.5. The number of benzene rings is 3. The zero-order chi connectivity index (χ0) is 28.8. The van der Waals surface area contributed by atoms with Gasteiger partial charge in [0.2, 0.25) is 0 Å². The molecule has 6 nitrogen and oxygen atoms in total. The molecular weight excluding hydrogens is 502 g/mol. The third kappa shape index (κ3) is 7.43. The van der Waals surface area contributed by atoms with E-state index in [1.165, 1.54) is 0 Å². The van der Waals surface area contributed by atoms with Gasteiger partial charge in [0.25, 0.3) is 0 Å². The zero-order valence-electron chi connectivity index (χ0n) is 24.4. The van der Waals surface area contributed by atoms with E-state index in [9.17, 15) is 9.90 Å². The van der Waals surface area contributed by atoms with Gasteiger partial charge < -0.3 is 19.3 Å². The molecule has 214 valence electrons. The molecular formula is C34H43NO5. The Morgan fingerprint density at radius 2 is 1.68 bits per heavy atom. The molecule has 1 amide bonds. The number of carbonyl (C=O) groups excluding carboxylic acids is 1. The minimum absolute atomic E-state index is 0.0206. The zero-order valence-corrected chi connectivity index (χ0v) is 24.4. The number of methoxy groups -OCH3 is 1. The number of hydrogen-bond acceptors (Lipinski definition) is 5. The summed E-state index contributed by atoms with van der Waals surface area (Å²) in [6.45, 7) is 8.87. The van der Waals surface area contributed by atoms with Gasteiger partial charge in [-0.15, -0.1) is 0 Å². The molecule has 0 aliphatic carbocycles. The van der Waals surface area contributed by atoms with Crippen molar-refractivity contribution in [2.24, 2.45) is 0 Å². The van der Waals surface area contributed by atoms with Crippen molar-refractivity contribution in [1.29, 1.82) is 0 Å². The van der Waals surface area contributed by atoms with E-state index in [4.69, 9.17) is 14.2 Å². The Morgan fingerprint density at radius 1 is 1.02 bits per heavy atom. The fraction of sp³-hybridized carbons (Fsp3) is 0.441. The number of rotatable bonds is 12. The summed E-state index contributed by atoms with van der Waals surface area (Å²) in [5.41, 5.74) is 2.76. The van der Waals surface area contributed by atoms with Crippen LogP contribution in [0.15, 0.2) is 78.9 Å². The number of cyclic esters (lactones) is 1. The summed E-state index contributed by atoms with van der Waals surface area (Å²) in [6, 6.07) is 26.0. The van der Waals surface area contributed by atoms with Gasteiger partial charge in [-0.25, -0.2) is 4.79 Å². The van der Waals surface area contributed by atoms with Crippen LogP contribution in [0.4, 0.5) is 4.79 Å². The maximum absolute atomic E-state index is 13.6. The van der Waals surface area contributed by atoms with Gasteiger partial charge in [-0.2, -0.15) is 0 Å². The van der Waals surface area contributed by atoms with Gasteiger partial charge in [-0.05, 0) is 74.9 Å². The lowest BCUT2D eigenvalue weighted by Gasteiger charge is -2.47. The van der Waals surface area contributed by atoms with Crippen molar-refractivity contribution < 1.29 is 24.1 Å². The number of aliphatic hydroxyl groups is 1. The quantitative estimate of drug-likeness (QED) is 0.244. The molecule has 0 spiro atoms. The number of hydrogen-bond donors (Lipinski definition) is 1. The van der Waals surface area contributed by atoms with Gasteiger partial charge in [0.1, 0.15) is 11.4 Å². The highest BCUT2D eigenvalue weighted by molar-refractivity contribution is 5.70. The predicted octanol–water partition coefficient (Wildman–Crippen LogP) is 7.19. The van der Waals surface area contributed by atoms with Crippen molar-refractivity contribution >= 4 is 6.09 Å². The molecule has 1 aliphatic rings. The molecule has 6 heteroatoms. The smallest absolute Gasteiger partial charge is 0.411 e. The first kappa shape index (κ1) is 29.6. The summed E-state index contributed by atoms with van der Waals surface area (Å²) in [5, 5.41) is 10.1. The van der Waals surface area contributed by atoms with Crippen LogP contribution in [0, 0.1) is 0 Å². The van der Waals surface area contributed by atoms with E-state index in [1.54, 1.807) is 21.0 Å². The molecule has 1 saturated heterocycles. The summed E-state index contributed by atoms with van der Waals surface area (Å²) >= 11 is 0. The Bertz CT molecular complexity index is 1220. The Labute approximate surface area is 238 Å². The third-order valence-corrected chi connectivity index (χ3v) is 7.71. The molecule has 3 aromatic carbocycles. The third-order valence-electron chi connectivity index (χ3n) is 7.71. The van der Waals surface area contributed by atoms with Crippen LogP contribution in [0.2, 0.25) is 0 Å². The normalized spacial score (nSPS) is 20.2. The molecule has 1 N–H and O–H groups in total. The summed E-state index contributed by atoms with van der Waals surface area (Å²) in [5.74, 6) is 0.827. The molecule has 1 fully saturated rings. The lowest BCUT2D eigenvalue weighted by atomic mass is 9.81. The number of carbonyl (C=O) groups is 1. The fourth-order valence-electron chi connectivity index (χ4n) is 5.72. The highest BCUT2D eigenvalue weighted by Crippen LogP contribution is 2.43. The first-order chi connectivity index (χ1) is 19.1. The van der Waals surface area contributed by atoms with Crippen molar-refractivity contribution in [3.8, 4) is 5.75 Å². The van der Waals surface area contributed by atoms with Crippen LogP contribution in [-0.4, -0.2) is 41.5 Å². The average Bonchev–Trinajstić information content (AvgIpc) is 2.93. The van der Waals surface area contributed by atoms with Crippen LogP contribution in [-0.2, 0) is 28.1 Å². The van der Waals surface area contributed by atoms with E-state index in [1.807, 2.05) is 78.6 Å². The Balaban J connectivity index is 1.42. The van der Waals surface area contributed by atoms with Gasteiger partial charge in [-0.1, -0.05) is 66.7 Å². The van der Waals surface area contributed by atoms with Crippen molar-refractivity contribution in [2.45, 2.75) is 83.3 Å². The van der Waals surface area contributed by atoms with Crippen LogP contribution in [0.3, 0.4) is 0 Å². The van der Waals surface area contributed by atoms with Crippen molar-refractivity contribution in [1.82, 2.24) is 4.90 Å². The fourth-order valence-corrected chi connectivity index (χ4v) is 5.72. The second kappa shape index (κ2) is 12.9. The van der Waals surface area contributed by atoms with Gasteiger partial charge in [0.05, 0.1) is 25.4 Å². The molecule has 0 radical (unpaired) electrons. The SMILES string of the molecule is COc1ccc(COCCCC2(c3ccccc3)CC(C)N([C@@H](C)c3ccc(CC(C)(C)O)cc3)C(=O)O2)cc1. The minimum Gasteiger partial charge on any atom is -0.497 e. The van der Waals surface area contributed by atoms with Gasteiger partial charge in [0, 0.05) is 25.5 Å². The van der Waals surface area contributed by atoms with Gasteiger partial charge in [0.15, 0.2) is 0 Å². The largest absolute Gasteiger partial charge is 0.497 e. The Hall–Kier alpha value is -3.35. The van der Waals surface area contributed by atoms with Crippen LogP contribution in [0.1, 0.15) is 75.3 Å². The topological polar surface area (TPSA) is 68.2 Å². The van der Waals surface area contributed by atoms with Crippen molar-refractivity contribution in [2.75, 3.05) is 13.7 Å². The van der Waals surface area contributed by atoms with E-state index in [2.05, 4.69) is 19.1 Å². The predicted molar refractivity (Wildman–Crippen MR) is 157 cm³/mol. The average molecular weight is 546 g/mol. The molecule has 0 aromatic heterocycles. The Kier molecular flexibility index (Phi) is 9.54. The second-order valence-corrected chi connectivity index (χ2v) is 11.6. The van der Waals surface area contributed by atoms with E-state index < -0.39 is 11.2 Å². The molecule has 1 aliphatic heterocycles. The van der Waals surface area contributed by atoms with E-state index in [-0.39, 0.29) is 18.2 Å². The molecule has 3 atom stereocenters. The first-order valence-electron chi connectivity index (χ1n) is 14.2. The summed E-state index contributed by atoms with van der Waals surface area (Å²) in [6.07, 6.45) is 2.43. The standard InChI is InChI=1S/C34H43NO5/c1-25-22-34(30-10-7-6-8-11-30,20-9-21-39-24-28-14-18-31(38-5)19-15-28)40-32(36)35(25)26(2)29-16-12-27(13-17-29)23-33(3,4)37/h6-8,10-19,25-26,37H,9,20-24H2,1-5H3/t25?,26-,34?/m0/s1. The van der Waals surface area contributed by atoms with Crippen LogP contribution in [0.5, 0.6) is 5.75 Å². The number of nitrogens with zero attached hydrogens (tertiary/aromatic N) is 1. The van der Waals surface area contributed by atoms with Crippen LogP contribution in [0.25, 0.3) is 0 Å². The molecule has 1 heterocycles. The molecule has 4 rings (SSSR count). The van der Waals surface area contributed by atoms with Gasteiger partial charge >= 0.3 is 6.09 Å². The summed E-state index contributed by atoms with van der Waals surface area (Å²) in [7, 11) is 1.66. The van der Waals surface area contributed by atoms with E-state index in [0.717, 1.165) is 34.4 Å².